The molecule has 1 fully saturated rings. The number of benzene rings is 1. The molecule has 7 nitrogen and oxygen atoms in total. The van der Waals surface area contributed by atoms with Gasteiger partial charge in [0.1, 0.15) is 0 Å². The highest BCUT2D eigenvalue weighted by Gasteiger charge is 2.40. The van der Waals surface area contributed by atoms with Gasteiger partial charge in [-0.3, -0.25) is 14.5 Å². The van der Waals surface area contributed by atoms with Gasteiger partial charge in [-0.2, -0.15) is 0 Å². The van der Waals surface area contributed by atoms with Gasteiger partial charge in [0, 0.05) is 19.1 Å². The first-order chi connectivity index (χ1) is 15.2. The third-order valence-corrected chi connectivity index (χ3v) is 6.90. The molecule has 0 radical (unpaired) electrons. The normalized spacial score (nSPS) is 23.8. The van der Waals surface area contributed by atoms with Crippen molar-refractivity contribution in [1.29, 1.82) is 0 Å². The summed E-state index contributed by atoms with van der Waals surface area (Å²) >= 11 is 0. The van der Waals surface area contributed by atoms with E-state index in [1.54, 1.807) is 14.2 Å². The number of piperidine rings is 1. The summed E-state index contributed by atoms with van der Waals surface area (Å²) in [5, 5.41) is 9.06. The average Bonchev–Trinajstić information content (AvgIpc) is 2.75. The Hall–Kier alpha value is -2.28. The Bertz CT molecular complexity index is 823. The standard InChI is InChI=1S/C25H37NO6/c1-15(2)8-18-13-26-7-6-17-11-22(30-4)23(31-5)12-20(17)21(26)10-19(18)14-32-24(27)9-16(3)25(28)29/h11-12,15-16,18-19,21H,6-10,13-14H2,1-5H3,(H,28,29)/t16-,18+,19-,21+/m0/s1. The van der Waals surface area contributed by atoms with Gasteiger partial charge in [-0.1, -0.05) is 20.8 Å². The molecule has 3 rings (SSSR count). The number of carboxylic acids is 1. The largest absolute Gasteiger partial charge is 0.493 e. The van der Waals surface area contributed by atoms with Crippen molar-refractivity contribution in [2.75, 3.05) is 33.9 Å². The van der Waals surface area contributed by atoms with Gasteiger partial charge in [0.25, 0.3) is 0 Å². The molecule has 7 heteroatoms. The van der Waals surface area contributed by atoms with Crippen molar-refractivity contribution in [3.05, 3.63) is 23.3 Å². The first kappa shape index (κ1) is 24.4. The Balaban J connectivity index is 1.78. The lowest BCUT2D eigenvalue weighted by Crippen LogP contribution is -2.47. The van der Waals surface area contributed by atoms with Crippen LogP contribution in [0, 0.1) is 23.7 Å². The highest BCUT2D eigenvalue weighted by Crippen LogP contribution is 2.45. The van der Waals surface area contributed by atoms with Gasteiger partial charge in [0.05, 0.1) is 33.2 Å². The number of carbonyl (C=O) groups excluding carboxylic acids is 1. The number of esters is 1. The third-order valence-electron chi connectivity index (χ3n) is 6.90. The van der Waals surface area contributed by atoms with Crippen LogP contribution in [0.25, 0.3) is 0 Å². The number of fused-ring (bicyclic) bond motifs is 3. The molecule has 4 atom stereocenters. The SMILES string of the molecule is COc1cc2c(cc1OC)[C@H]1C[C@@H](COC(=O)C[C@H](C)C(=O)O)[C@H](CC(C)C)CN1CC2. The molecule has 0 saturated carbocycles. The molecule has 2 aliphatic heterocycles. The summed E-state index contributed by atoms with van der Waals surface area (Å²) in [5.74, 6) is 0.595. The molecule has 1 N–H and O–H groups in total. The minimum atomic E-state index is -0.976. The predicted molar refractivity (Wildman–Crippen MR) is 121 cm³/mol. The fraction of sp³-hybridized carbons (Fsp3) is 0.680. The Labute approximate surface area is 191 Å². The first-order valence-electron chi connectivity index (χ1n) is 11.6. The Morgan fingerprint density at radius 2 is 1.81 bits per heavy atom. The minimum absolute atomic E-state index is 0.0910. The number of rotatable bonds is 9. The third kappa shape index (κ3) is 5.55. The summed E-state index contributed by atoms with van der Waals surface area (Å²) in [4.78, 5) is 25.9. The fourth-order valence-electron chi connectivity index (χ4n) is 5.18. The quantitative estimate of drug-likeness (QED) is 0.574. The van der Waals surface area contributed by atoms with E-state index in [9.17, 15) is 9.59 Å². The van der Waals surface area contributed by atoms with Crippen LogP contribution in [0.1, 0.15) is 57.2 Å². The molecule has 0 aliphatic carbocycles. The van der Waals surface area contributed by atoms with E-state index in [2.05, 4.69) is 30.9 Å². The van der Waals surface area contributed by atoms with Gasteiger partial charge < -0.3 is 19.3 Å². The summed E-state index contributed by atoms with van der Waals surface area (Å²) in [7, 11) is 3.32. The van der Waals surface area contributed by atoms with Crippen LogP contribution in [0.2, 0.25) is 0 Å². The Kier molecular flexibility index (Phi) is 8.04. The van der Waals surface area contributed by atoms with Crippen molar-refractivity contribution >= 4 is 11.9 Å². The predicted octanol–water partition coefficient (Wildman–Crippen LogP) is 3.94. The maximum atomic E-state index is 12.2. The maximum Gasteiger partial charge on any atom is 0.306 e. The number of hydrogen-bond donors (Lipinski definition) is 1. The molecule has 2 aliphatic rings. The number of hydrogen-bond acceptors (Lipinski definition) is 6. The van der Waals surface area contributed by atoms with E-state index in [-0.39, 0.29) is 18.4 Å². The first-order valence-corrected chi connectivity index (χ1v) is 11.6. The van der Waals surface area contributed by atoms with Crippen LogP contribution in [-0.4, -0.2) is 55.9 Å². The molecular formula is C25H37NO6. The molecule has 0 amide bonds. The summed E-state index contributed by atoms with van der Waals surface area (Å²) < 4.78 is 16.7. The molecule has 2 heterocycles. The Morgan fingerprint density at radius 1 is 1.12 bits per heavy atom. The van der Waals surface area contributed by atoms with E-state index in [0.717, 1.165) is 43.9 Å². The molecule has 32 heavy (non-hydrogen) atoms. The zero-order valence-corrected chi connectivity index (χ0v) is 19.9. The Morgan fingerprint density at radius 3 is 2.44 bits per heavy atom. The lowest BCUT2D eigenvalue weighted by Gasteiger charge is -2.47. The lowest BCUT2D eigenvalue weighted by molar-refractivity contribution is -0.153. The van der Waals surface area contributed by atoms with Gasteiger partial charge in [0.15, 0.2) is 11.5 Å². The monoisotopic (exact) mass is 447 g/mol. The number of ether oxygens (including phenoxy) is 3. The molecular weight excluding hydrogens is 410 g/mol. The van der Waals surface area contributed by atoms with E-state index in [4.69, 9.17) is 19.3 Å². The van der Waals surface area contributed by atoms with Crippen LogP contribution in [0.3, 0.4) is 0 Å². The van der Waals surface area contributed by atoms with E-state index in [1.807, 2.05) is 0 Å². The molecule has 0 spiro atoms. The van der Waals surface area contributed by atoms with Crippen molar-refractivity contribution in [3.8, 4) is 11.5 Å². The van der Waals surface area contributed by atoms with Crippen LogP contribution in [0.5, 0.6) is 11.5 Å². The summed E-state index contributed by atoms with van der Waals surface area (Å²) in [6.45, 7) is 8.31. The number of carbonyl (C=O) groups is 2. The van der Waals surface area contributed by atoms with Crippen molar-refractivity contribution in [3.63, 3.8) is 0 Å². The highest BCUT2D eigenvalue weighted by atomic mass is 16.5. The molecule has 0 bridgehead atoms. The summed E-state index contributed by atoms with van der Waals surface area (Å²) in [6, 6.07) is 4.45. The zero-order valence-electron chi connectivity index (χ0n) is 19.9. The van der Waals surface area contributed by atoms with Gasteiger partial charge >= 0.3 is 11.9 Å². The second-order valence-electron chi connectivity index (χ2n) is 9.68. The highest BCUT2D eigenvalue weighted by molar-refractivity contribution is 5.78. The second-order valence-corrected chi connectivity index (χ2v) is 9.68. The molecule has 178 valence electrons. The average molecular weight is 448 g/mol. The van der Waals surface area contributed by atoms with Crippen LogP contribution >= 0.6 is 0 Å². The molecule has 0 aromatic heterocycles. The number of carboxylic acid groups (broad SMARTS) is 1. The summed E-state index contributed by atoms with van der Waals surface area (Å²) in [6.07, 6.45) is 2.87. The van der Waals surface area contributed by atoms with E-state index >= 15 is 0 Å². The lowest BCUT2D eigenvalue weighted by atomic mass is 9.74. The fourth-order valence-corrected chi connectivity index (χ4v) is 5.18. The van der Waals surface area contributed by atoms with Crippen molar-refractivity contribution in [2.45, 2.75) is 52.5 Å². The molecule has 1 aromatic carbocycles. The maximum absolute atomic E-state index is 12.2. The zero-order chi connectivity index (χ0) is 23.4. The van der Waals surface area contributed by atoms with Crippen molar-refractivity contribution in [1.82, 2.24) is 4.90 Å². The topological polar surface area (TPSA) is 85.3 Å². The van der Waals surface area contributed by atoms with Gasteiger partial charge in [0.2, 0.25) is 0 Å². The summed E-state index contributed by atoms with van der Waals surface area (Å²) in [5.41, 5.74) is 2.56. The molecule has 1 saturated heterocycles. The molecule has 0 unspecified atom stereocenters. The van der Waals surface area contributed by atoms with E-state index in [1.165, 1.54) is 18.1 Å². The minimum Gasteiger partial charge on any atom is -0.493 e. The van der Waals surface area contributed by atoms with Crippen LogP contribution < -0.4 is 9.47 Å². The van der Waals surface area contributed by atoms with Crippen molar-refractivity contribution in [2.24, 2.45) is 23.7 Å². The van der Waals surface area contributed by atoms with E-state index in [0.29, 0.717) is 18.4 Å². The van der Waals surface area contributed by atoms with Crippen LogP contribution in [-0.2, 0) is 20.7 Å². The van der Waals surface area contributed by atoms with Crippen LogP contribution in [0.15, 0.2) is 12.1 Å². The van der Waals surface area contributed by atoms with Gasteiger partial charge in [-0.15, -0.1) is 0 Å². The number of nitrogens with zero attached hydrogens (tertiary/aromatic N) is 1. The van der Waals surface area contributed by atoms with Crippen molar-refractivity contribution < 1.29 is 28.9 Å². The second kappa shape index (κ2) is 10.6. The van der Waals surface area contributed by atoms with E-state index < -0.39 is 17.9 Å². The van der Waals surface area contributed by atoms with Gasteiger partial charge in [-0.05, 0) is 60.3 Å². The molecule has 1 aromatic rings. The smallest absolute Gasteiger partial charge is 0.306 e. The number of aliphatic carboxylic acids is 1. The van der Waals surface area contributed by atoms with Gasteiger partial charge in [-0.25, -0.2) is 0 Å². The number of methoxy groups -OCH3 is 2. The van der Waals surface area contributed by atoms with Crippen LogP contribution in [0.4, 0.5) is 0 Å².